The van der Waals surface area contributed by atoms with Gasteiger partial charge in [0.15, 0.2) is 0 Å². The first kappa shape index (κ1) is 13.6. The Hall–Kier alpha value is -0.380. The lowest BCUT2D eigenvalue weighted by atomic mass is 9.95. The molecule has 0 aromatic heterocycles. The number of halogens is 3. The number of hydrogen-bond donors (Lipinski definition) is 0. The predicted octanol–water partition coefficient (Wildman–Crippen LogP) is 2.37. The van der Waals surface area contributed by atoms with Gasteiger partial charge in [-0.2, -0.15) is 0 Å². The van der Waals surface area contributed by atoms with Gasteiger partial charge in [0.2, 0.25) is 5.91 Å². The minimum atomic E-state index is -2.51. The van der Waals surface area contributed by atoms with Crippen LogP contribution in [0.2, 0.25) is 0 Å². The lowest BCUT2D eigenvalue weighted by Gasteiger charge is -2.28. The molecular formula is C9H16ClF2NO. The summed E-state index contributed by atoms with van der Waals surface area (Å²) in [5.74, 6) is -0.118. The largest absolute Gasteiger partial charge is 0.335 e. The number of carbonyl (C=O) groups is 1. The Morgan fingerprint density at radius 2 is 1.93 bits per heavy atom. The van der Waals surface area contributed by atoms with Gasteiger partial charge in [0.25, 0.3) is 6.43 Å². The summed E-state index contributed by atoms with van der Waals surface area (Å²) in [7, 11) is 0. The highest BCUT2D eigenvalue weighted by molar-refractivity contribution is 6.18. The zero-order chi connectivity index (χ0) is 11.4. The summed E-state index contributed by atoms with van der Waals surface area (Å²) < 4.78 is 24.2. The molecule has 14 heavy (non-hydrogen) atoms. The molecule has 0 aliphatic carbocycles. The Kier molecular flexibility index (Phi) is 5.34. The van der Waals surface area contributed by atoms with E-state index >= 15 is 0 Å². The third-order valence-electron chi connectivity index (χ3n) is 1.64. The van der Waals surface area contributed by atoms with Crippen LogP contribution in [0.5, 0.6) is 0 Å². The molecule has 0 rings (SSSR count). The molecule has 84 valence electrons. The number of carbonyl (C=O) groups excluding carboxylic acids is 1. The van der Waals surface area contributed by atoms with Crippen molar-refractivity contribution in [3.63, 3.8) is 0 Å². The second kappa shape index (κ2) is 5.49. The molecule has 0 saturated heterocycles. The van der Waals surface area contributed by atoms with Crippen LogP contribution in [0.25, 0.3) is 0 Å². The van der Waals surface area contributed by atoms with Crippen LogP contribution in [0.1, 0.15) is 20.8 Å². The van der Waals surface area contributed by atoms with Crippen molar-refractivity contribution in [3.05, 3.63) is 0 Å². The van der Waals surface area contributed by atoms with E-state index in [1.54, 1.807) is 20.8 Å². The fourth-order valence-corrected chi connectivity index (χ4v) is 1.22. The van der Waals surface area contributed by atoms with E-state index in [0.717, 1.165) is 4.90 Å². The van der Waals surface area contributed by atoms with Crippen molar-refractivity contribution in [1.82, 2.24) is 4.90 Å². The Balaban J connectivity index is 4.41. The van der Waals surface area contributed by atoms with Gasteiger partial charge in [-0.15, -0.1) is 11.6 Å². The van der Waals surface area contributed by atoms with Gasteiger partial charge in [0, 0.05) is 17.8 Å². The molecule has 0 aliphatic heterocycles. The van der Waals surface area contributed by atoms with Crippen molar-refractivity contribution in [2.45, 2.75) is 27.2 Å². The maximum atomic E-state index is 12.1. The summed E-state index contributed by atoms with van der Waals surface area (Å²) >= 11 is 5.44. The van der Waals surface area contributed by atoms with Gasteiger partial charge >= 0.3 is 0 Å². The summed E-state index contributed by atoms with van der Waals surface area (Å²) in [5, 5.41) is 0. The molecule has 0 saturated carbocycles. The van der Waals surface area contributed by atoms with Crippen molar-refractivity contribution in [2.24, 2.45) is 5.41 Å². The highest BCUT2D eigenvalue weighted by Gasteiger charge is 2.28. The highest BCUT2D eigenvalue weighted by atomic mass is 35.5. The first-order chi connectivity index (χ1) is 6.29. The summed E-state index contributed by atoms with van der Waals surface area (Å²) in [6, 6.07) is 0. The van der Waals surface area contributed by atoms with Crippen molar-refractivity contribution in [3.8, 4) is 0 Å². The lowest BCUT2D eigenvalue weighted by Crippen LogP contribution is -2.43. The number of hydrogen-bond acceptors (Lipinski definition) is 1. The van der Waals surface area contributed by atoms with Crippen LogP contribution in [-0.4, -0.2) is 36.2 Å². The summed E-state index contributed by atoms with van der Waals surface area (Å²) in [6.45, 7) is 4.72. The van der Waals surface area contributed by atoms with Crippen LogP contribution in [0.3, 0.4) is 0 Å². The van der Waals surface area contributed by atoms with Crippen LogP contribution in [-0.2, 0) is 4.79 Å². The van der Waals surface area contributed by atoms with E-state index < -0.39 is 18.4 Å². The molecule has 0 aromatic rings. The van der Waals surface area contributed by atoms with E-state index in [9.17, 15) is 13.6 Å². The fraction of sp³-hybridized carbons (Fsp3) is 0.889. The van der Waals surface area contributed by atoms with Crippen molar-refractivity contribution in [2.75, 3.05) is 19.0 Å². The molecule has 2 nitrogen and oxygen atoms in total. The number of amides is 1. The molecular weight excluding hydrogens is 212 g/mol. The zero-order valence-corrected chi connectivity index (χ0v) is 9.44. The average molecular weight is 228 g/mol. The molecule has 5 heteroatoms. The number of nitrogens with zero attached hydrogens (tertiary/aromatic N) is 1. The van der Waals surface area contributed by atoms with Crippen molar-refractivity contribution < 1.29 is 13.6 Å². The lowest BCUT2D eigenvalue weighted by molar-refractivity contribution is -0.141. The van der Waals surface area contributed by atoms with E-state index in [0.29, 0.717) is 0 Å². The fourth-order valence-electron chi connectivity index (χ4n) is 1.02. The van der Waals surface area contributed by atoms with E-state index in [1.807, 2.05) is 0 Å². The number of alkyl halides is 3. The smallest absolute Gasteiger partial charge is 0.255 e. The van der Waals surface area contributed by atoms with Gasteiger partial charge in [0.05, 0.1) is 6.54 Å². The summed E-state index contributed by atoms with van der Waals surface area (Å²) in [4.78, 5) is 12.7. The molecule has 0 atom stereocenters. The van der Waals surface area contributed by atoms with E-state index in [2.05, 4.69) is 0 Å². The minimum absolute atomic E-state index is 0.169. The quantitative estimate of drug-likeness (QED) is 0.676. The standard InChI is InChI=1S/C9H16ClF2NO/c1-9(2,3)8(14)13(5-4-10)6-7(11)12/h7H,4-6H2,1-3H3. The predicted molar refractivity (Wildman–Crippen MR) is 52.8 cm³/mol. The monoisotopic (exact) mass is 227 g/mol. The highest BCUT2D eigenvalue weighted by Crippen LogP contribution is 2.18. The van der Waals surface area contributed by atoms with E-state index in [4.69, 9.17) is 11.6 Å². The van der Waals surface area contributed by atoms with Gasteiger partial charge in [-0.3, -0.25) is 4.79 Å². The Labute approximate surface area is 88.2 Å². The van der Waals surface area contributed by atoms with Crippen LogP contribution in [0.4, 0.5) is 8.78 Å². The van der Waals surface area contributed by atoms with Crippen LogP contribution < -0.4 is 0 Å². The molecule has 0 radical (unpaired) electrons. The molecule has 0 heterocycles. The van der Waals surface area contributed by atoms with Crippen molar-refractivity contribution in [1.29, 1.82) is 0 Å². The first-order valence-electron chi connectivity index (χ1n) is 4.42. The molecule has 0 spiro atoms. The average Bonchev–Trinajstić information content (AvgIpc) is 2.00. The topological polar surface area (TPSA) is 20.3 Å². The second-order valence-corrected chi connectivity index (χ2v) is 4.46. The van der Waals surface area contributed by atoms with E-state index in [1.165, 1.54) is 0 Å². The van der Waals surface area contributed by atoms with Gasteiger partial charge in [-0.05, 0) is 0 Å². The SMILES string of the molecule is CC(C)(C)C(=O)N(CCCl)CC(F)F. The molecule has 0 aromatic carbocycles. The molecule has 0 aliphatic rings. The Morgan fingerprint density at radius 3 is 2.21 bits per heavy atom. The Bertz CT molecular complexity index is 192. The van der Waals surface area contributed by atoms with Gasteiger partial charge in [-0.25, -0.2) is 8.78 Å². The molecule has 0 fully saturated rings. The number of rotatable bonds is 4. The van der Waals surface area contributed by atoms with Crippen LogP contribution in [0, 0.1) is 5.41 Å². The van der Waals surface area contributed by atoms with Crippen molar-refractivity contribution >= 4 is 17.5 Å². The normalized spacial score (nSPS) is 11.9. The minimum Gasteiger partial charge on any atom is -0.335 e. The molecule has 0 N–H and O–H groups in total. The summed E-state index contributed by atoms with van der Waals surface area (Å²) in [5.41, 5.74) is -0.638. The zero-order valence-electron chi connectivity index (χ0n) is 8.69. The third-order valence-corrected chi connectivity index (χ3v) is 1.81. The second-order valence-electron chi connectivity index (χ2n) is 4.08. The Morgan fingerprint density at radius 1 is 1.43 bits per heavy atom. The molecule has 1 amide bonds. The van der Waals surface area contributed by atoms with E-state index in [-0.39, 0.29) is 18.3 Å². The van der Waals surface area contributed by atoms with Crippen LogP contribution >= 0.6 is 11.6 Å². The maximum Gasteiger partial charge on any atom is 0.255 e. The third kappa shape index (κ3) is 4.74. The maximum absolute atomic E-state index is 12.1. The summed E-state index contributed by atoms with van der Waals surface area (Å²) in [6.07, 6.45) is -2.51. The molecule has 0 bridgehead atoms. The first-order valence-corrected chi connectivity index (χ1v) is 4.96. The van der Waals surface area contributed by atoms with Crippen LogP contribution in [0.15, 0.2) is 0 Å². The molecule has 0 unspecified atom stereocenters. The van der Waals surface area contributed by atoms with Gasteiger partial charge in [0.1, 0.15) is 0 Å². The van der Waals surface area contributed by atoms with Gasteiger partial charge < -0.3 is 4.90 Å². The van der Waals surface area contributed by atoms with Gasteiger partial charge in [-0.1, -0.05) is 20.8 Å².